The topological polar surface area (TPSA) is 61.7 Å². The van der Waals surface area contributed by atoms with Crippen LogP contribution in [0.3, 0.4) is 0 Å². The molecule has 118 valence electrons. The Hall–Kier alpha value is -1.79. The van der Waals surface area contributed by atoms with Crippen molar-refractivity contribution in [1.29, 1.82) is 0 Å². The first-order valence-corrected chi connectivity index (χ1v) is 6.83. The second kappa shape index (κ2) is 7.28. The predicted octanol–water partition coefficient (Wildman–Crippen LogP) is 3.76. The summed E-state index contributed by atoms with van der Waals surface area (Å²) in [6.07, 6.45) is -1.61. The van der Waals surface area contributed by atoms with E-state index in [9.17, 15) is 18.0 Å². The Morgan fingerprint density at radius 1 is 1.38 bits per heavy atom. The lowest BCUT2D eigenvalue weighted by molar-refractivity contribution is -0.137. The van der Waals surface area contributed by atoms with Gasteiger partial charge in [0.15, 0.2) is 0 Å². The minimum atomic E-state index is -4.44. The number of halogens is 3. The van der Waals surface area contributed by atoms with Crippen molar-refractivity contribution >= 4 is 11.7 Å². The van der Waals surface area contributed by atoms with Gasteiger partial charge in [0, 0.05) is 6.42 Å². The van der Waals surface area contributed by atoms with Crippen molar-refractivity contribution in [1.82, 2.24) is 5.43 Å². The van der Waals surface area contributed by atoms with Gasteiger partial charge in [-0.25, -0.2) is 0 Å². The molecule has 1 heterocycles. The summed E-state index contributed by atoms with van der Waals surface area (Å²) >= 11 is 0. The third-order valence-corrected chi connectivity index (χ3v) is 3.21. The minimum absolute atomic E-state index is 0.0120. The highest BCUT2D eigenvalue weighted by molar-refractivity contribution is 6.02. The molecular weight excluding hydrogens is 285 g/mol. The zero-order valence-electron chi connectivity index (χ0n) is 12.0. The Kier molecular flexibility index (Phi) is 5.99. The van der Waals surface area contributed by atoms with E-state index in [4.69, 9.17) is 5.11 Å². The van der Waals surface area contributed by atoms with E-state index in [1.54, 1.807) is 6.92 Å². The number of nitrogens with one attached hydrogen (secondary N) is 1. The number of carboxylic acid groups (broad SMARTS) is 1. The molecule has 7 heteroatoms. The van der Waals surface area contributed by atoms with Crippen LogP contribution in [0.1, 0.15) is 46.0 Å². The van der Waals surface area contributed by atoms with E-state index in [1.807, 2.05) is 0 Å². The monoisotopic (exact) mass is 304 g/mol. The number of unbranched alkanes of at least 4 members (excludes halogenated alkanes) is 1. The van der Waals surface area contributed by atoms with Crippen LogP contribution in [0.15, 0.2) is 28.0 Å². The maximum Gasteiger partial charge on any atom is 0.418 e. The number of aliphatic carboxylic acids is 1. The van der Waals surface area contributed by atoms with Gasteiger partial charge in [-0.2, -0.15) is 18.3 Å². The van der Waals surface area contributed by atoms with Crippen LogP contribution in [0.25, 0.3) is 0 Å². The number of alkyl halides is 3. The SMILES string of the molecule is C/C=C1\NN=C(CCCCC(=O)O)C(CC)=C1C(F)(F)F. The largest absolute Gasteiger partial charge is 0.481 e. The quantitative estimate of drug-likeness (QED) is 0.734. The maximum atomic E-state index is 13.2. The highest BCUT2D eigenvalue weighted by Gasteiger charge is 2.40. The van der Waals surface area contributed by atoms with Gasteiger partial charge in [0.25, 0.3) is 0 Å². The standard InChI is InChI=1S/C14H19F3N2O2/c1-3-9-11(7-5-6-8-12(20)21)19-18-10(4-2)13(9)14(15,16)17/h4,18H,3,5-8H2,1-2H3,(H,20,21)/b10-4-. The molecule has 1 aliphatic heterocycles. The summed E-state index contributed by atoms with van der Waals surface area (Å²) in [6, 6.07) is 0. The molecule has 0 spiro atoms. The van der Waals surface area contributed by atoms with E-state index in [0.717, 1.165) is 0 Å². The first kappa shape index (κ1) is 17.3. The van der Waals surface area contributed by atoms with Gasteiger partial charge >= 0.3 is 12.1 Å². The van der Waals surface area contributed by atoms with Gasteiger partial charge in [0.05, 0.1) is 17.0 Å². The summed E-state index contributed by atoms with van der Waals surface area (Å²) in [5, 5.41) is 12.6. The Balaban J connectivity index is 2.93. The molecule has 0 unspecified atom stereocenters. The predicted molar refractivity (Wildman–Crippen MR) is 73.8 cm³/mol. The molecule has 1 rings (SSSR count). The number of hydrogen-bond donors (Lipinski definition) is 2. The van der Waals surface area contributed by atoms with Gasteiger partial charge in [0.2, 0.25) is 0 Å². The lowest BCUT2D eigenvalue weighted by Crippen LogP contribution is -2.29. The van der Waals surface area contributed by atoms with Gasteiger partial charge in [-0.05, 0) is 38.2 Å². The number of hydrogen-bond acceptors (Lipinski definition) is 3. The zero-order valence-corrected chi connectivity index (χ0v) is 12.0. The van der Waals surface area contributed by atoms with Crippen LogP contribution >= 0.6 is 0 Å². The van der Waals surface area contributed by atoms with E-state index in [-0.39, 0.29) is 24.1 Å². The Morgan fingerprint density at radius 2 is 2.05 bits per heavy atom. The van der Waals surface area contributed by atoms with Crippen LogP contribution in [0.5, 0.6) is 0 Å². The van der Waals surface area contributed by atoms with Gasteiger partial charge < -0.3 is 5.11 Å². The fourth-order valence-corrected chi connectivity index (χ4v) is 2.25. The number of carboxylic acids is 1. The van der Waals surface area contributed by atoms with Crippen molar-refractivity contribution in [3.05, 3.63) is 22.9 Å². The number of nitrogens with zero attached hydrogens (tertiary/aromatic N) is 1. The Labute approximate surface area is 121 Å². The van der Waals surface area contributed by atoms with Crippen LogP contribution in [0.4, 0.5) is 13.2 Å². The normalized spacial score (nSPS) is 17.8. The second-order valence-electron chi connectivity index (χ2n) is 4.68. The molecular formula is C14H19F3N2O2. The molecule has 0 saturated heterocycles. The molecule has 0 fully saturated rings. The average Bonchev–Trinajstić information content (AvgIpc) is 2.41. The molecule has 0 aromatic rings. The summed E-state index contributed by atoms with van der Waals surface area (Å²) in [5.74, 6) is -0.905. The third-order valence-electron chi connectivity index (χ3n) is 3.21. The molecule has 0 saturated carbocycles. The molecule has 0 amide bonds. The van der Waals surface area contributed by atoms with Gasteiger partial charge in [-0.1, -0.05) is 13.0 Å². The molecule has 0 bridgehead atoms. The van der Waals surface area contributed by atoms with E-state index in [1.165, 1.54) is 13.0 Å². The fraction of sp³-hybridized carbons (Fsp3) is 0.571. The summed E-state index contributed by atoms with van der Waals surface area (Å²) in [6.45, 7) is 3.18. The summed E-state index contributed by atoms with van der Waals surface area (Å²) in [4.78, 5) is 10.4. The number of hydrazone groups is 1. The summed E-state index contributed by atoms with van der Waals surface area (Å²) < 4.78 is 39.6. The molecule has 0 radical (unpaired) electrons. The van der Waals surface area contributed by atoms with E-state index < -0.39 is 17.7 Å². The smallest absolute Gasteiger partial charge is 0.418 e. The molecule has 0 aromatic heterocycles. The van der Waals surface area contributed by atoms with E-state index >= 15 is 0 Å². The highest BCUT2D eigenvalue weighted by atomic mass is 19.4. The first-order chi connectivity index (χ1) is 9.81. The number of rotatable bonds is 6. The van der Waals surface area contributed by atoms with Crippen LogP contribution in [-0.4, -0.2) is 23.0 Å². The molecule has 2 N–H and O–H groups in total. The molecule has 21 heavy (non-hydrogen) atoms. The fourth-order valence-electron chi connectivity index (χ4n) is 2.25. The Bertz CT molecular complexity index is 491. The molecule has 0 aliphatic carbocycles. The van der Waals surface area contributed by atoms with Crippen LogP contribution in [0, 0.1) is 0 Å². The van der Waals surface area contributed by atoms with Crippen LogP contribution < -0.4 is 5.43 Å². The summed E-state index contributed by atoms with van der Waals surface area (Å²) in [5.41, 5.74) is 2.29. The van der Waals surface area contributed by atoms with Crippen LogP contribution in [-0.2, 0) is 4.79 Å². The van der Waals surface area contributed by atoms with Crippen molar-refractivity contribution in [3.63, 3.8) is 0 Å². The summed E-state index contributed by atoms with van der Waals surface area (Å²) in [7, 11) is 0. The molecule has 0 aromatic carbocycles. The van der Waals surface area contributed by atoms with Crippen LogP contribution in [0.2, 0.25) is 0 Å². The van der Waals surface area contributed by atoms with Crippen molar-refractivity contribution < 1.29 is 23.1 Å². The van der Waals surface area contributed by atoms with E-state index in [0.29, 0.717) is 25.0 Å². The third kappa shape index (κ3) is 4.61. The van der Waals surface area contributed by atoms with Gasteiger partial charge in [-0.15, -0.1) is 0 Å². The average molecular weight is 304 g/mol. The second-order valence-corrected chi connectivity index (χ2v) is 4.68. The number of carbonyl (C=O) groups is 1. The molecule has 1 aliphatic rings. The van der Waals surface area contributed by atoms with Gasteiger partial charge in [-0.3, -0.25) is 10.2 Å². The minimum Gasteiger partial charge on any atom is -0.481 e. The van der Waals surface area contributed by atoms with E-state index in [2.05, 4.69) is 10.5 Å². The number of allylic oxidation sites excluding steroid dienone is 3. The highest BCUT2D eigenvalue weighted by Crippen LogP contribution is 2.36. The van der Waals surface area contributed by atoms with Crippen molar-refractivity contribution in [3.8, 4) is 0 Å². The zero-order chi connectivity index (χ0) is 16.0. The van der Waals surface area contributed by atoms with Crippen molar-refractivity contribution in [2.75, 3.05) is 0 Å². The molecule has 0 atom stereocenters. The first-order valence-electron chi connectivity index (χ1n) is 6.83. The van der Waals surface area contributed by atoms with Crippen molar-refractivity contribution in [2.24, 2.45) is 5.10 Å². The lowest BCUT2D eigenvalue weighted by Gasteiger charge is -2.25. The molecule has 4 nitrogen and oxygen atoms in total. The van der Waals surface area contributed by atoms with Gasteiger partial charge in [0.1, 0.15) is 0 Å². The lowest BCUT2D eigenvalue weighted by atomic mass is 9.93. The van der Waals surface area contributed by atoms with Crippen molar-refractivity contribution in [2.45, 2.75) is 52.1 Å². The maximum absolute atomic E-state index is 13.2. The Morgan fingerprint density at radius 3 is 2.52 bits per heavy atom.